The van der Waals surface area contributed by atoms with E-state index in [1.165, 1.54) is 23.0 Å². The summed E-state index contributed by atoms with van der Waals surface area (Å²) in [6, 6.07) is 4.71. The Labute approximate surface area is 170 Å². The van der Waals surface area contributed by atoms with E-state index in [-0.39, 0.29) is 30.3 Å². The minimum absolute atomic E-state index is 0.0223. The molecule has 0 spiro atoms. The Bertz CT molecular complexity index is 1170. The van der Waals surface area contributed by atoms with Crippen molar-refractivity contribution in [1.82, 2.24) is 24.8 Å². The lowest BCUT2D eigenvalue weighted by Crippen LogP contribution is -2.33. The number of hydrogen-bond donors (Lipinski definition) is 1. The lowest BCUT2D eigenvalue weighted by atomic mass is 10.1. The molecule has 1 amide bonds. The normalized spacial score (nSPS) is 13.8. The first-order chi connectivity index (χ1) is 14.4. The number of carbonyl (C=O) groups is 1. The highest BCUT2D eigenvalue weighted by Crippen LogP contribution is 2.29. The second-order valence-electron chi connectivity index (χ2n) is 6.74. The molecule has 1 N–H and O–H groups in total. The standard InChI is InChI=1S/C20H18FN5O4/c1-11(19-25-16(7-17(27)26(19)2)15-3-4-22-9-23-15)24-20(28)14-6-13(21)5-12-8-29-10-30-18(12)14/h3-7,9,11H,8,10H2,1-2H3,(H,24,28). The fourth-order valence-electron chi connectivity index (χ4n) is 3.21. The Morgan fingerprint density at radius 3 is 2.90 bits per heavy atom. The molecule has 0 radical (unpaired) electrons. The first-order valence-corrected chi connectivity index (χ1v) is 9.12. The Hall–Kier alpha value is -3.66. The molecule has 1 atom stereocenters. The number of amides is 1. The Balaban J connectivity index is 1.66. The molecule has 3 aromatic rings. The molecule has 3 heterocycles. The molecule has 1 unspecified atom stereocenters. The van der Waals surface area contributed by atoms with Crippen molar-refractivity contribution in [3.05, 3.63) is 69.9 Å². The van der Waals surface area contributed by atoms with Crippen LogP contribution >= 0.6 is 0 Å². The van der Waals surface area contributed by atoms with Crippen LogP contribution in [0.15, 0.2) is 41.6 Å². The zero-order chi connectivity index (χ0) is 21.3. The minimum atomic E-state index is -0.657. The number of aromatic nitrogens is 4. The molecule has 0 fully saturated rings. The fraction of sp³-hybridized carbons (Fsp3) is 0.250. The van der Waals surface area contributed by atoms with E-state index in [4.69, 9.17) is 9.47 Å². The summed E-state index contributed by atoms with van der Waals surface area (Å²) < 4.78 is 25.9. The molecule has 4 rings (SSSR count). The zero-order valence-corrected chi connectivity index (χ0v) is 16.3. The highest BCUT2D eigenvalue weighted by molar-refractivity contribution is 5.97. The van der Waals surface area contributed by atoms with Gasteiger partial charge in [-0.1, -0.05) is 0 Å². The van der Waals surface area contributed by atoms with E-state index in [1.54, 1.807) is 26.2 Å². The average Bonchev–Trinajstić information content (AvgIpc) is 2.75. The third-order valence-corrected chi connectivity index (χ3v) is 4.67. The second-order valence-corrected chi connectivity index (χ2v) is 6.74. The summed E-state index contributed by atoms with van der Waals surface area (Å²) >= 11 is 0. The van der Waals surface area contributed by atoms with Gasteiger partial charge >= 0.3 is 0 Å². The maximum absolute atomic E-state index is 14.0. The van der Waals surface area contributed by atoms with E-state index in [0.29, 0.717) is 22.8 Å². The number of halogens is 1. The summed E-state index contributed by atoms with van der Waals surface area (Å²) in [5, 5.41) is 2.76. The van der Waals surface area contributed by atoms with Crippen LogP contribution in [-0.2, 0) is 18.4 Å². The van der Waals surface area contributed by atoms with Crippen molar-refractivity contribution in [2.24, 2.45) is 7.05 Å². The molecule has 30 heavy (non-hydrogen) atoms. The molecule has 1 aromatic carbocycles. The molecule has 0 saturated heterocycles. The number of benzene rings is 1. The predicted molar refractivity (Wildman–Crippen MR) is 103 cm³/mol. The first kappa shape index (κ1) is 19.6. The number of nitrogens with one attached hydrogen (secondary N) is 1. The zero-order valence-electron chi connectivity index (χ0n) is 16.3. The number of rotatable bonds is 4. The van der Waals surface area contributed by atoms with Crippen LogP contribution in [0, 0.1) is 5.82 Å². The van der Waals surface area contributed by atoms with Gasteiger partial charge in [0.2, 0.25) is 0 Å². The van der Waals surface area contributed by atoms with Gasteiger partial charge in [-0.3, -0.25) is 14.2 Å². The molecule has 0 bridgehead atoms. The van der Waals surface area contributed by atoms with Crippen LogP contribution < -0.4 is 15.6 Å². The van der Waals surface area contributed by atoms with Gasteiger partial charge in [0.1, 0.15) is 23.7 Å². The van der Waals surface area contributed by atoms with E-state index in [0.717, 1.165) is 6.07 Å². The van der Waals surface area contributed by atoms with Crippen LogP contribution in [0.1, 0.15) is 34.7 Å². The third kappa shape index (κ3) is 3.77. The highest BCUT2D eigenvalue weighted by atomic mass is 19.1. The number of nitrogens with zero attached hydrogens (tertiary/aromatic N) is 4. The van der Waals surface area contributed by atoms with Gasteiger partial charge in [-0.05, 0) is 25.1 Å². The molecule has 154 valence electrons. The molecule has 10 heteroatoms. The number of fused-ring (bicyclic) bond motifs is 1. The van der Waals surface area contributed by atoms with E-state index >= 15 is 0 Å². The van der Waals surface area contributed by atoms with Gasteiger partial charge in [0.25, 0.3) is 11.5 Å². The van der Waals surface area contributed by atoms with Crippen LogP contribution in [-0.4, -0.2) is 32.2 Å². The van der Waals surface area contributed by atoms with Crippen molar-refractivity contribution in [3.63, 3.8) is 0 Å². The largest absolute Gasteiger partial charge is 0.466 e. The Kier molecular flexibility index (Phi) is 5.23. The maximum atomic E-state index is 14.0. The molecular weight excluding hydrogens is 393 g/mol. The van der Waals surface area contributed by atoms with E-state index in [2.05, 4.69) is 20.3 Å². The van der Waals surface area contributed by atoms with Crippen LogP contribution in [0.5, 0.6) is 5.75 Å². The molecule has 9 nitrogen and oxygen atoms in total. The van der Waals surface area contributed by atoms with Gasteiger partial charge in [-0.15, -0.1) is 0 Å². The summed E-state index contributed by atoms with van der Waals surface area (Å²) in [5.74, 6) is -0.526. The van der Waals surface area contributed by atoms with Crippen molar-refractivity contribution >= 4 is 5.91 Å². The summed E-state index contributed by atoms with van der Waals surface area (Å²) in [6.45, 7) is 1.81. The average molecular weight is 411 g/mol. The smallest absolute Gasteiger partial charge is 0.255 e. The van der Waals surface area contributed by atoms with Crippen molar-refractivity contribution in [2.75, 3.05) is 6.79 Å². The van der Waals surface area contributed by atoms with Gasteiger partial charge < -0.3 is 14.8 Å². The van der Waals surface area contributed by atoms with Crippen molar-refractivity contribution in [1.29, 1.82) is 0 Å². The quantitative estimate of drug-likeness (QED) is 0.697. The minimum Gasteiger partial charge on any atom is -0.466 e. The van der Waals surface area contributed by atoms with E-state index in [9.17, 15) is 14.0 Å². The topological polar surface area (TPSA) is 108 Å². The molecule has 0 saturated carbocycles. The number of carbonyl (C=O) groups excluding carboxylic acids is 1. The Morgan fingerprint density at radius 2 is 2.13 bits per heavy atom. The monoisotopic (exact) mass is 411 g/mol. The van der Waals surface area contributed by atoms with Crippen molar-refractivity contribution < 1.29 is 18.7 Å². The van der Waals surface area contributed by atoms with Gasteiger partial charge in [-0.2, -0.15) is 0 Å². The maximum Gasteiger partial charge on any atom is 0.255 e. The van der Waals surface area contributed by atoms with E-state index < -0.39 is 17.8 Å². The first-order valence-electron chi connectivity index (χ1n) is 9.12. The summed E-state index contributed by atoms with van der Waals surface area (Å²) in [5.41, 5.74) is 1.04. The highest BCUT2D eigenvalue weighted by Gasteiger charge is 2.24. The van der Waals surface area contributed by atoms with Gasteiger partial charge in [0, 0.05) is 24.9 Å². The lowest BCUT2D eigenvalue weighted by molar-refractivity contribution is -0.0170. The lowest BCUT2D eigenvalue weighted by Gasteiger charge is -2.22. The predicted octanol–water partition coefficient (Wildman–Crippen LogP) is 1.73. The van der Waals surface area contributed by atoms with Crippen molar-refractivity contribution in [3.8, 4) is 17.1 Å². The van der Waals surface area contributed by atoms with Gasteiger partial charge in [0.05, 0.1) is 29.6 Å². The van der Waals surface area contributed by atoms with Gasteiger partial charge in [0.15, 0.2) is 6.79 Å². The van der Waals surface area contributed by atoms with Crippen LogP contribution in [0.3, 0.4) is 0 Å². The molecule has 1 aliphatic rings. The van der Waals surface area contributed by atoms with Crippen molar-refractivity contribution in [2.45, 2.75) is 19.6 Å². The van der Waals surface area contributed by atoms with Gasteiger partial charge in [-0.25, -0.2) is 19.3 Å². The molecule has 1 aliphatic heterocycles. The summed E-state index contributed by atoms with van der Waals surface area (Å²) in [4.78, 5) is 37.7. The van der Waals surface area contributed by atoms with Crippen LogP contribution in [0.2, 0.25) is 0 Å². The second kappa shape index (κ2) is 7.99. The summed E-state index contributed by atoms with van der Waals surface area (Å²) in [6.07, 6.45) is 2.90. The molecule has 2 aromatic heterocycles. The number of hydrogen-bond acceptors (Lipinski definition) is 7. The summed E-state index contributed by atoms with van der Waals surface area (Å²) in [7, 11) is 1.56. The van der Waals surface area contributed by atoms with Crippen LogP contribution in [0.25, 0.3) is 11.4 Å². The van der Waals surface area contributed by atoms with E-state index in [1.807, 2.05) is 0 Å². The Morgan fingerprint density at radius 1 is 1.30 bits per heavy atom. The van der Waals surface area contributed by atoms with Crippen LogP contribution in [0.4, 0.5) is 4.39 Å². The molecular formula is C20H18FN5O4. The number of ether oxygens (including phenoxy) is 2. The SMILES string of the molecule is CC(NC(=O)c1cc(F)cc2c1OCOC2)c1nc(-c2ccncn2)cc(=O)n1C. The molecule has 0 aliphatic carbocycles. The third-order valence-electron chi connectivity index (χ3n) is 4.67. The fourth-order valence-corrected chi connectivity index (χ4v) is 3.21.